The fourth-order valence-electron chi connectivity index (χ4n) is 2.06. The summed E-state index contributed by atoms with van der Waals surface area (Å²) >= 11 is 11.9. The van der Waals surface area contributed by atoms with Gasteiger partial charge in [0.05, 0.1) is 0 Å². The summed E-state index contributed by atoms with van der Waals surface area (Å²) in [6.07, 6.45) is 2.68. The SMILES string of the molecule is CS(C)(=O)=NC(=O)c1nc(-c2ccc(Oc3cc(Cl)cc(Cl)c3)cc2)no1. The fourth-order valence-corrected chi connectivity index (χ4v) is 3.05. The van der Waals surface area contributed by atoms with Gasteiger partial charge in [-0.05, 0) is 42.5 Å². The molecule has 10 heteroatoms. The second kappa shape index (κ2) is 7.67. The average molecular weight is 426 g/mol. The lowest BCUT2D eigenvalue weighted by atomic mass is 10.2. The summed E-state index contributed by atoms with van der Waals surface area (Å²) in [6.45, 7) is 0. The maximum Gasteiger partial charge on any atom is 0.343 e. The Morgan fingerprint density at radius 2 is 1.70 bits per heavy atom. The molecule has 3 aromatic rings. The van der Waals surface area contributed by atoms with Gasteiger partial charge in [0, 0.05) is 37.8 Å². The number of ether oxygens (including phenoxy) is 1. The van der Waals surface area contributed by atoms with E-state index < -0.39 is 15.6 Å². The third kappa shape index (κ3) is 5.29. The minimum Gasteiger partial charge on any atom is -0.457 e. The van der Waals surface area contributed by atoms with Crippen molar-refractivity contribution in [1.29, 1.82) is 0 Å². The Bertz CT molecular complexity index is 1090. The van der Waals surface area contributed by atoms with Crippen LogP contribution in [0, 0.1) is 0 Å². The van der Waals surface area contributed by atoms with Crippen molar-refractivity contribution in [2.45, 2.75) is 0 Å². The van der Waals surface area contributed by atoms with E-state index in [1.807, 2.05) is 0 Å². The highest BCUT2D eigenvalue weighted by atomic mass is 35.5. The highest BCUT2D eigenvalue weighted by Crippen LogP contribution is 2.29. The van der Waals surface area contributed by atoms with E-state index >= 15 is 0 Å². The monoisotopic (exact) mass is 425 g/mol. The van der Waals surface area contributed by atoms with Crippen molar-refractivity contribution in [1.82, 2.24) is 10.1 Å². The van der Waals surface area contributed by atoms with Crippen LogP contribution in [0.3, 0.4) is 0 Å². The molecule has 7 nitrogen and oxygen atoms in total. The van der Waals surface area contributed by atoms with Crippen LogP contribution in [-0.2, 0) is 9.73 Å². The van der Waals surface area contributed by atoms with Gasteiger partial charge in [0.15, 0.2) is 0 Å². The van der Waals surface area contributed by atoms with Gasteiger partial charge < -0.3 is 9.26 Å². The molecule has 1 heterocycles. The lowest BCUT2D eigenvalue weighted by molar-refractivity contribution is 0.0963. The number of amides is 1. The second-order valence-electron chi connectivity index (χ2n) is 5.73. The largest absolute Gasteiger partial charge is 0.457 e. The molecule has 0 radical (unpaired) electrons. The van der Waals surface area contributed by atoms with Gasteiger partial charge in [-0.1, -0.05) is 28.4 Å². The number of carbonyl (C=O) groups is 1. The minimum atomic E-state index is -2.61. The van der Waals surface area contributed by atoms with Crippen molar-refractivity contribution >= 4 is 38.8 Å². The van der Waals surface area contributed by atoms with E-state index in [-0.39, 0.29) is 11.7 Å². The Hall–Kier alpha value is -2.42. The van der Waals surface area contributed by atoms with E-state index in [4.69, 9.17) is 32.5 Å². The van der Waals surface area contributed by atoms with Crippen molar-refractivity contribution in [3.8, 4) is 22.9 Å². The van der Waals surface area contributed by atoms with Crippen molar-refractivity contribution < 1.29 is 18.3 Å². The molecule has 0 aliphatic rings. The van der Waals surface area contributed by atoms with E-state index in [1.54, 1.807) is 42.5 Å². The second-order valence-corrected chi connectivity index (χ2v) is 9.15. The number of hydrogen-bond acceptors (Lipinski definition) is 6. The number of halogens is 2. The minimum absolute atomic E-state index is 0.199. The first-order valence-electron chi connectivity index (χ1n) is 7.49. The van der Waals surface area contributed by atoms with Crippen LogP contribution < -0.4 is 4.74 Å². The van der Waals surface area contributed by atoms with Gasteiger partial charge in [0.25, 0.3) is 0 Å². The van der Waals surface area contributed by atoms with Gasteiger partial charge in [-0.25, -0.2) is 4.21 Å². The number of nitrogens with zero attached hydrogens (tertiary/aromatic N) is 3. The molecule has 0 fully saturated rings. The molecule has 1 amide bonds. The van der Waals surface area contributed by atoms with Crippen molar-refractivity contribution in [2.24, 2.45) is 4.36 Å². The van der Waals surface area contributed by atoms with Crippen LogP contribution in [-0.4, -0.2) is 32.8 Å². The number of benzene rings is 2. The molecule has 0 saturated heterocycles. The fraction of sp³-hybridized carbons (Fsp3) is 0.118. The molecule has 0 bridgehead atoms. The lowest BCUT2D eigenvalue weighted by Gasteiger charge is -2.07. The predicted molar refractivity (Wildman–Crippen MR) is 103 cm³/mol. The van der Waals surface area contributed by atoms with E-state index in [1.165, 1.54) is 12.5 Å². The first-order chi connectivity index (χ1) is 12.7. The molecule has 2 aromatic carbocycles. The zero-order valence-corrected chi connectivity index (χ0v) is 16.5. The highest BCUT2D eigenvalue weighted by Gasteiger charge is 2.16. The van der Waals surface area contributed by atoms with E-state index in [0.717, 1.165) is 0 Å². The first-order valence-corrected chi connectivity index (χ1v) is 10.6. The molecule has 0 aliphatic heterocycles. The normalized spacial score (nSPS) is 11.3. The van der Waals surface area contributed by atoms with Gasteiger partial charge in [-0.3, -0.25) is 4.79 Å². The summed E-state index contributed by atoms with van der Waals surface area (Å²) in [6, 6.07) is 11.7. The van der Waals surface area contributed by atoms with Gasteiger partial charge in [-0.2, -0.15) is 9.35 Å². The number of carbonyl (C=O) groups excluding carboxylic acids is 1. The zero-order valence-electron chi connectivity index (χ0n) is 14.2. The van der Waals surface area contributed by atoms with Gasteiger partial charge in [0.1, 0.15) is 11.5 Å². The molecular weight excluding hydrogens is 413 g/mol. The molecule has 1 aromatic heterocycles. The third-order valence-electron chi connectivity index (χ3n) is 3.10. The zero-order chi connectivity index (χ0) is 19.6. The third-order valence-corrected chi connectivity index (χ3v) is 4.14. The van der Waals surface area contributed by atoms with Crippen LogP contribution in [0.25, 0.3) is 11.4 Å². The molecular formula is C17H13Cl2N3O4S. The molecule has 0 saturated carbocycles. The first kappa shape index (κ1) is 19.3. The van der Waals surface area contributed by atoms with Gasteiger partial charge >= 0.3 is 11.8 Å². The highest BCUT2D eigenvalue weighted by molar-refractivity contribution is 7.92. The van der Waals surface area contributed by atoms with Crippen LogP contribution in [0.15, 0.2) is 51.4 Å². The maximum absolute atomic E-state index is 11.8. The Balaban J connectivity index is 1.78. The summed E-state index contributed by atoms with van der Waals surface area (Å²) in [5.41, 5.74) is 0.600. The Morgan fingerprint density at radius 1 is 1.07 bits per heavy atom. The summed E-state index contributed by atoms with van der Waals surface area (Å²) < 4.78 is 25.7. The van der Waals surface area contributed by atoms with Gasteiger partial charge in [-0.15, -0.1) is 0 Å². The number of hydrogen-bond donors (Lipinski definition) is 0. The van der Waals surface area contributed by atoms with Crippen LogP contribution in [0.4, 0.5) is 0 Å². The molecule has 140 valence electrons. The number of aromatic nitrogens is 2. The summed E-state index contributed by atoms with van der Waals surface area (Å²) in [4.78, 5) is 15.8. The van der Waals surface area contributed by atoms with Crippen LogP contribution in [0.5, 0.6) is 11.5 Å². The smallest absolute Gasteiger partial charge is 0.343 e. The number of rotatable bonds is 4. The van der Waals surface area contributed by atoms with E-state index in [2.05, 4.69) is 14.5 Å². The molecule has 0 unspecified atom stereocenters. The van der Waals surface area contributed by atoms with Gasteiger partial charge in [0.2, 0.25) is 5.82 Å². The van der Waals surface area contributed by atoms with Crippen LogP contribution >= 0.6 is 23.2 Å². The average Bonchev–Trinajstić information content (AvgIpc) is 3.03. The standard InChI is InChI=1S/C17H13Cl2N3O4S/c1-27(2,24)22-16(23)17-20-15(21-26-17)10-3-5-13(6-4-10)25-14-8-11(18)7-12(19)9-14/h3-9H,1-2H3. The Kier molecular flexibility index (Phi) is 5.50. The van der Waals surface area contributed by atoms with E-state index in [0.29, 0.717) is 27.1 Å². The molecule has 0 aliphatic carbocycles. The van der Waals surface area contributed by atoms with Crippen molar-refractivity contribution in [3.05, 3.63) is 58.4 Å². The molecule has 3 rings (SSSR count). The topological polar surface area (TPSA) is 94.7 Å². The quantitative estimate of drug-likeness (QED) is 0.600. The molecule has 27 heavy (non-hydrogen) atoms. The molecule has 0 spiro atoms. The van der Waals surface area contributed by atoms with E-state index in [9.17, 15) is 9.00 Å². The lowest BCUT2D eigenvalue weighted by Crippen LogP contribution is -2.01. The molecule has 0 N–H and O–H groups in total. The summed E-state index contributed by atoms with van der Waals surface area (Å²) in [5, 5.41) is 4.67. The Labute approximate surface area is 165 Å². The van der Waals surface area contributed by atoms with Crippen LogP contribution in [0.1, 0.15) is 10.7 Å². The summed E-state index contributed by atoms with van der Waals surface area (Å²) in [5.74, 6) is 0.0991. The van der Waals surface area contributed by atoms with Crippen molar-refractivity contribution in [3.63, 3.8) is 0 Å². The van der Waals surface area contributed by atoms with Crippen molar-refractivity contribution in [2.75, 3.05) is 12.5 Å². The predicted octanol–water partition coefficient (Wildman–Crippen LogP) is 4.70. The molecule has 0 atom stereocenters. The summed E-state index contributed by atoms with van der Waals surface area (Å²) in [7, 11) is -2.61. The Morgan fingerprint density at radius 3 is 2.30 bits per heavy atom. The van der Waals surface area contributed by atoms with Crippen LogP contribution in [0.2, 0.25) is 10.0 Å². The maximum atomic E-state index is 11.8.